The minimum atomic E-state index is 0.878. The molecular weight excluding hydrogens is 709 g/mol. The van der Waals surface area contributed by atoms with Crippen LogP contribution in [-0.4, -0.2) is 9.13 Å². The van der Waals surface area contributed by atoms with Gasteiger partial charge < -0.3 is 18.0 Å². The molecule has 0 saturated carbocycles. The zero-order valence-electron chi connectivity index (χ0n) is 31.2. The normalized spacial score (nSPS) is 12.1. The minimum Gasteiger partial charge on any atom is -0.456 e. The molecule has 4 heterocycles. The van der Waals surface area contributed by atoms with E-state index in [4.69, 9.17) is 8.83 Å². The predicted molar refractivity (Wildman–Crippen MR) is 241 cm³/mol. The van der Waals surface area contributed by atoms with Crippen LogP contribution in [0.1, 0.15) is 0 Å². The summed E-state index contributed by atoms with van der Waals surface area (Å²) in [5, 5.41) is 9.45. The Kier molecular flexibility index (Phi) is 6.41. The van der Waals surface area contributed by atoms with Gasteiger partial charge in [-0.15, -0.1) is 0 Å². The molecule has 0 N–H and O–H groups in total. The minimum absolute atomic E-state index is 0.878. The molecule has 0 atom stereocenters. The molecule has 0 aliphatic rings. The third-order valence-electron chi connectivity index (χ3n) is 12.1. The Labute approximate surface area is 332 Å². The van der Waals surface area contributed by atoms with Gasteiger partial charge >= 0.3 is 0 Å². The lowest BCUT2D eigenvalue weighted by molar-refractivity contribution is 0.668. The smallest absolute Gasteiger partial charge is 0.135 e. The van der Waals surface area contributed by atoms with Crippen LogP contribution in [0, 0.1) is 0 Å². The molecule has 4 nitrogen and oxygen atoms in total. The van der Waals surface area contributed by atoms with Crippen molar-refractivity contribution in [2.45, 2.75) is 0 Å². The number of fused-ring (bicyclic) bond motifs is 12. The SMILES string of the molecule is c1ccc2c(c1)oc1ccc(-c3ccc(-c4ccc5oc6ccc(-n7c8ccccc8c8cc(-n9c%10ccccc%10c%10ccccc%109)ccc87)cc6c5c4)cc3)cc12. The molecule has 58 heavy (non-hydrogen) atoms. The van der Waals surface area contributed by atoms with Crippen LogP contribution >= 0.6 is 0 Å². The summed E-state index contributed by atoms with van der Waals surface area (Å²) < 4.78 is 17.3. The summed E-state index contributed by atoms with van der Waals surface area (Å²) >= 11 is 0. The van der Waals surface area contributed by atoms with E-state index in [0.717, 1.165) is 66.4 Å². The number of nitrogens with zero attached hydrogens (tertiary/aromatic N) is 2. The molecule has 0 saturated heterocycles. The Hall–Kier alpha value is -7.82. The molecule has 0 amide bonds. The molecular formula is C54H32N2O2. The maximum Gasteiger partial charge on any atom is 0.135 e. The molecule has 9 aromatic carbocycles. The first-order chi connectivity index (χ1) is 28.7. The van der Waals surface area contributed by atoms with E-state index in [9.17, 15) is 0 Å². The number of benzene rings is 9. The highest BCUT2D eigenvalue weighted by atomic mass is 16.3. The van der Waals surface area contributed by atoms with Gasteiger partial charge in [-0.05, 0) is 107 Å². The Morgan fingerprint density at radius 2 is 0.603 bits per heavy atom. The molecule has 0 aliphatic heterocycles. The van der Waals surface area contributed by atoms with Crippen LogP contribution in [0.3, 0.4) is 0 Å². The summed E-state index contributed by atoms with van der Waals surface area (Å²) in [6.07, 6.45) is 0. The molecule has 4 heteroatoms. The van der Waals surface area contributed by atoms with E-state index in [1.807, 2.05) is 12.1 Å². The van der Waals surface area contributed by atoms with Crippen LogP contribution in [0.25, 0.3) is 121 Å². The molecule has 0 fully saturated rings. The molecule has 13 aromatic rings. The Bertz CT molecular complexity index is 3740. The van der Waals surface area contributed by atoms with Crippen molar-refractivity contribution in [1.82, 2.24) is 9.13 Å². The van der Waals surface area contributed by atoms with Gasteiger partial charge in [0.15, 0.2) is 0 Å². The standard InChI is InChI=1S/C54H32N2O2/c1-5-13-47-39(9-1)40-10-2-6-14-48(40)55(47)37-23-25-50-43(31-37)41-11-3-7-15-49(41)56(50)38-24-28-54-46(32-38)45-30-36(22-27-53(45)58-54)34-19-17-33(18-20-34)35-21-26-52-44(29-35)42-12-4-8-16-51(42)57-52/h1-32H. The highest BCUT2D eigenvalue weighted by Crippen LogP contribution is 2.40. The summed E-state index contributed by atoms with van der Waals surface area (Å²) in [6, 6.07) is 69.7. The highest BCUT2D eigenvalue weighted by Gasteiger charge is 2.18. The zero-order chi connectivity index (χ0) is 37.9. The van der Waals surface area contributed by atoms with Gasteiger partial charge in [0.05, 0.1) is 22.1 Å². The van der Waals surface area contributed by atoms with E-state index >= 15 is 0 Å². The van der Waals surface area contributed by atoms with Gasteiger partial charge in [-0.1, -0.05) is 109 Å². The lowest BCUT2D eigenvalue weighted by Gasteiger charge is -2.10. The van der Waals surface area contributed by atoms with Crippen molar-refractivity contribution >= 4 is 87.5 Å². The van der Waals surface area contributed by atoms with Crippen LogP contribution in [0.15, 0.2) is 203 Å². The van der Waals surface area contributed by atoms with Crippen molar-refractivity contribution in [2.24, 2.45) is 0 Å². The molecule has 0 bridgehead atoms. The zero-order valence-corrected chi connectivity index (χ0v) is 31.2. The molecule has 0 spiro atoms. The Balaban J connectivity index is 0.912. The van der Waals surface area contributed by atoms with Gasteiger partial charge in [0.25, 0.3) is 0 Å². The van der Waals surface area contributed by atoms with Gasteiger partial charge in [0.2, 0.25) is 0 Å². The topological polar surface area (TPSA) is 36.1 Å². The van der Waals surface area contributed by atoms with Gasteiger partial charge in [-0.3, -0.25) is 0 Å². The molecule has 4 aromatic heterocycles. The fourth-order valence-corrected chi connectivity index (χ4v) is 9.42. The summed E-state index contributed by atoms with van der Waals surface area (Å²) in [4.78, 5) is 0. The number of aromatic nitrogens is 2. The first kappa shape index (κ1) is 31.4. The van der Waals surface area contributed by atoms with Crippen molar-refractivity contribution in [3.05, 3.63) is 194 Å². The van der Waals surface area contributed by atoms with E-state index in [1.54, 1.807) is 0 Å². The Morgan fingerprint density at radius 1 is 0.241 bits per heavy atom. The fraction of sp³-hybridized carbons (Fsp3) is 0. The fourth-order valence-electron chi connectivity index (χ4n) is 9.42. The lowest BCUT2D eigenvalue weighted by Crippen LogP contribution is -1.95. The van der Waals surface area contributed by atoms with Gasteiger partial charge in [-0.2, -0.15) is 0 Å². The van der Waals surface area contributed by atoms with Crippen LogP contribution < -0.4 is 0 Å². The highest BCUT2D eigenvalue weighted by molar-refractivity contribution is 6.13. The summed E-state index contributed by atoms with van der Waals surface area (Å²) in [6.45, 7) is 0. The van der Waals surface area contributed by atoms with Crippen LogP contribution in [0.2, 0.25) is 0 Å². The van der Waals surface area contributed by atoms with E-state index in [2.05, 4.69) is 191 Å². The monoisotopic (exact) mass is 740 g/mol. The van der Waals surface area contributed by atoms with Crippen molar-refractivity contribution in [3.8, 4) is 33.6 Å². The number of para-hydroxylation sites is 4. The summed E-state index contributed by atoms with van der Waals surface area (Å²) in [5.41, 5.74) is 15.2. The number of rotatable bonds is 4. The van der Waals surface area contributed by atoms with E-state index in [0.29, 0.717) is 0 Å². The molecule has 0 unspecified atom stereocenters. The average Bonchev–Trinajstić information content (AvgIpc) is 4.03. The third-order valence-corrected chi connectivity index (χ3v) is 12.1. The number of hydrogen-bond donors (Lipinski definition) is 0. The van der Waals surface area contributed by atoms with Crippen LogP contribution in [-0.2, 0) is 0 Å². The quantitative estimate of drug-likeness (QED) is 0.180. The van der Waals surface area contributed by atoms with Gasteiger partial charge in [0, 0.05) is 54.5 Å². The number of hydrogen-bond acceptors (Lipinski definition) is 2. The predicted octanol–water partition coefficient (Wildman–Crippen LogP) is 15.0. The maximum atomic E-state index is 6.43. The third kappa shape index (κ3) is 4.51. The largest absolute Gasteiger partial charge is 0.456 e. The second-order valence-electron chi connectivity index (χ2n) is 15.3. The van der Waals surface area contributed by atoms with Crippen molar-refractivity contribution < 1.29 is 8.83 Å². The van der Waals surface area contributed by atoms with E-state index in [-0.39, 0.29) is 0 Å². The van der Waals surface area contributed by atoms with Crippen molar-refractivity contribution in [3.63, 3.8) is 0 Å². The average molecular weight is 741 g/mol. The van der Waals surface area contributed by atoms with Crippen LogP contribution in [0.5, 0.6) is 0 Å². The first-order valence-electron chi connectivity index (χ1n) is 19.7. The first-order valence-corrected chi connectivity index (χ1v) is 19.7. The van der Waals surface area contributed by atoms with E-state index in [1.165, 1.54) is 54.7 Å². The van der Waals surface area contributed by atoms with Crippen molar-refractivity contribution in [1.29, 1.82) is 0 Å². The molecule has 13 rings (SSSR count). The second kappa shape index (κ2) is 11.8. The summed E-state index contributed by atoms with van der Waals surface area (Å²) in [5.74, 6) is 0. The van der Waals surface area contributed by atoms with Gasteiger partial charge in [-0.25, -0.2) is 0 Å². The molecule has 270 valence electrons. The molecule has 0 radical (unpaired) electrons. The number of furan rings is 2. The maximum absolute atomic E-state index is 6.43. The van der Waals surface area contributed by atoms with E-state index < -0.39 is 0 Å². The Morgan fingerprint density at radius 3 is 1.17 bits per heavy atom. The van der Waals surface area contributed by atoms with Gasteiger partial charge in [0.1, 0.15) is 22.3 Å². The molecule has 0 aliphatic carbocycles. The second-order valence-corrected chi connectivity index (χ2v) is 15.3. The summed E-state index contributed by atoms with van der Waals surface area (Å²) in [7, 11) is 0. The van der Waals surface area contributed by atoms with Crippen molar-refractivity contribution in [2.75, 3.05) is 0 Å². The lowest BCUT2D eigenvalue weighted by atomic mass is 9.98. The van der Waals surface area contributed by atoms with Crippen LogP contribution in [0.4, 0.5) is 0 Å².